The number of ether oxygens (including phenoxy) is 1. The number of amides is 2. The van der Waals surface area contributed by atoms with E-state index in [9.17, 15) is 14.4 Å². The van der Waals surface area contributed by atoms with E-state index in [2.05, 4.69) is 10.6 Å². The zero-order valence-electron chi connectivity index (χ0n) is 10.9. The molecule has 2 amide bonds. The molecule has 0 aromatic heterocycles. The Kier molecular flexibility index (Phi) is 6.77. The molecule has 0 aliphatic rings. The van der Waals surface area contributed by atoms with Crippen LogP contribution < -0.4 is 10.6 Å². The van der Waals surface area contributed by atoms with Crippen molar-refractivity contribution in [2.75, 3.05) is 6.54 Å². The maximum Gasteiger partial charge on any atom is 0.408 e. The van der Waals surface area contributed by atoms with E-state index in [0.29, 0.717) is 19.4 Å². The SMILES string of the molecule is CC(C)(C)OC(=O)N[C@@H](CCCNC=O)C(=O)O. The lowest BCUT2D eigenvalue weighted by Gasteiger charge is -2.21. The van der Waals surface area contributed by atoms with E-state index in [1.165, 1.54) is 0 Å². The van der Waals surface area contributed by atoms with E-state index in [1.807, 2.05) is 0 Å². The molecule has 3 N–H and O–H groups in total. The molecule has 0 fully saturated rings. The average molecular weight is 260 g/mol. The lowest BCUT2D eigenvalue weighted by Crippen LogP contribution is -2.43. The highest BCUT2D eigenvalue weighted by Gasteiger charge is 2.23. The summed E-state index contributed by atoms with van der Waals surface area (Å²) < 4.78 is 4.96. The predicted octanol–water partition coefficient (Wildman–Crippen LogP) is 0.491. The van der Waals surface area contributed by atoms with Crippen molar-refractivity contribution in [2.45, 2.75) is 45.3 Å². The number of aliphatic carboxylic acids is 1. The molecule has 0 radical (unpaired) electrons. The van der Waals surface area contributed by atoms with Crippen LogP contribution in [0.1, 0.15) is 33.6 Å². The van der Waals surface area contributed by atoms with Crippen molar-refractivity contribution in [1.82, 2.24) is 10.6 Å². The van der Waals surface area contributed by atoms with Crippen LogP contribution in [0.5, 0.6) is 0 Å². The molecule has 0 heterocycles. The molecule has 104 valence electrons. The Labute approximate surface area is 106 Å². The fourth-order valence-corrected chi connectivity index (χ4v) is 1.17. The number of hydrogen-bond acceptors (Lipinski definition) is 4. The molecule has 0 saturated carbocycles. The van der Waals surface area contributed by atoms with Crippen molar-refractivity contribution in [3.8, 4) is 0 Å². The van der Waals surface area contributed by atoms with Gasteiger partial charge in [0.1, 0.15) is 11.6 Å². The van der Waals surface area contributed by atoms with E-state index in [0.717, 1.165) is 0 Å². The van der Waals surface area contributed by atoms with E-state index in [4.69, 9.17) is 9.84 Å². The summed E-state index contributed by atoms with van der Waals surface area (Å²) in [7, 11) is 0. The summed E-state index contributed by atoms with van der Waals surface area (Å²) in [5.41, 5.74) is -0.674. The number of nitrogens with one attached hydrogen (secondary N) is 2. The molecule has 1 atom stereocenters. The van der Waals surface area contributed by atoms with Crippen LogP contribution in [-0.2, 0) is 14.3 Å². The molecule has 0 spiro atoms. The molecular formula is C11H20N2O5. The molecule has 0 unspecified atom stereocenters. The Hall–Kier alpha value is -1.79. The van der Waals surface area contributed by atoms with Crippen molar-refractivity contribution >= 4 is 18.5 Å². The van der Waals surface area contributed by atoms with Gasteiger partial charge < -0.3 is 20.5 Å². The molecule has 18 heavy (non-hydrogen) atoms. The number of carboxylic acids is 1. The predicted molar refractivity (Wildman–Crippen MR) is 64.1 cm³/mol. The molecule has 0 bridgehead atoms. The third kappa shape index (κ3) is 8.37. The molecule has 7 nitrogen and oxygen atoms in total. The number of rotatable bonds is 7. The van der Waals surface area contributed by atoms with Gasteiger partial charge in [0.05, 0.1) is 0 Å². The second-order valence-corrected chi connectivity index (χ2v) is 4.75. The van der Waals surface area contributed by atoms with Gasteiger partial charge in [0, 0.05) is 6.54 Å². The first-order valence-corrected chi connectivity index (χ1v) is 5.65. The summed E-state index contributed by atoms with van der Waals surface area (Å²) in [5.74, 6) is -1.13. The summed E-state index contributed by atoms with van der Waals surface area (Å²) in [6, 6.07) is -1.02. The van der Waals surface area contributed by atoms with Crippen LogP contribution in [-0.4, -0.2) is 41.8 Å². The highest BCUT2D eigenvalue weighted by atomic mass is 16.6. The van der Waals surface area contributed by atoms with Gasteiger partial charge in [-0.25, -0.2) is 9.59 Å². The van der Waals surface area contributed by atoms with Gasteiger partial charge in [0.2, 0.25) is 6.41 Å². The summed E-state index contributed by atoms with van der Waals surface area (Å²) in [6.45, 7) is 5.44. The first kappa shape index (κ1) is 16.2. The normalized spacial score (nSPS) is 12.4. The Morgan fingerprint density at radius 3 is 2.44 bits per heavy atom. The van der Waals surface area contributed by atoms with Gasteiger partial charge >= 0.3 is 12.1 Å². The number of hydrogen-bond donors (Lipinski definition) is 3. The second-order valence-electron chi connectivity index (χ2n) is 4.75. The summed E-state index contributed by atoms with van der Waals surface area (Å²) in [6.07, 6.45) is 0.441. The first-order chi connectivity index (χ1) is 8.26. The largest absolute Gasteiger partial charge is 0.480 e. The lowest BCUT2D eigenvalue weighted by atomic mass is 10.1. The minimum absolute atomic E-state index is 0.218. The van der Waals surface area contributed by atoms with Gasteiger partial charge in [-0.15, -0.1) is 0 Å². The maximum absolute atomic E-state index is 11.4. The topological polar surface area (TPSA) is 105 Å². The van der Waals surface area contributed by atoms with Crippen molar-refractivity contribution in [2.24, 2.45) is 0 Å². The van der Waals surface area contributed by atoms with Gasteiger partial charge in [-0.1, -0.05) is 0 Å². The Morgan fingerprint density at radius 1 is 1.39 bits per heavy atom. The summed E-state index contributed by atoms with van der Waals surface area (Å²) in [4.78, 5) is 32.3. The number of alkyl carbamates (subject to hydrolysis) is 1. The molecule has 0 aliphatic carbocycles. The number of carboxylic acid groups (broad SMARTS) is 1. The molecule has 0 aromatic rings. The van der Waals surface area contributed by atoms with E-state index in [1.54, 1.807) is 20.8 Å². The molecule has 0 saturated heterocycles. The second kappa shape index (κ2) is 7.52. The smallest absolute Gasteiger partial charge is 0.408 e. The number of carbonyl (C=O) groups excluding carboxylic acids is 2. The van der Waals surface area contributed by atoms with Crippen molar-refractivity contribution in [3.63, 3.8) is 0 Å². The zero-order valence-corrected chi connectivity index (χ0v) is 10.9. The van der Waals surface area contributed by atoms with Crippen molar-refractivity contribution < 1.29 is 24.2 Å². The molecule has 0 rings (SSSR count). The fourth-order valence-electron chi connectivity index (χ4n) is 1.17. The molecule has 0 aliphatic heterocycles. The van der Waals surface area contributed by atoms with Crippen LogP contribution in [0.3, 0.4) is 0 Å². The highest BCUT2D eigenvalue weighted by molar-refractivity contribution is 5.79. The van der Waals surface area contributed by atoms with Crippen molar-refractivity contribution in [3.05, 3.63) is 0 Å². The van der Waals surface area contributed by atoms with Crippen LogP contribution >= 0.6 is 0 Å². The van der Waals surface area contributed by atoms with Gasteiger partial charge in [-0.05, 0) is 33.6 Å². The molecule has 0 aromatic carbocycles. The van der Waals surface area contributed by atoms with E-state index < -0.39 is 23.7 Å². The summed E-state index contributed by atoms with van der Waals surface area (Å²) >= 11 is 0. The van der Waals surface area contributed by atoms with Crippen LogP contribution in [0, 0.1) is 0 Å². The maximum atomic E-state index is 11.4. The lowest BCUT2D eigenvalue weighted by molar-refractivity contribution is -0.139. The number of carbonyl (C=O) groups is 3. The van der Waals surface area contributed by atoms with Crippen LogP contribution in [0.4, 0.5) is 4.79 Å². The van der Waals surface area contributed by atoms with E-state index >= 15 is 0 Å². The fraction of sp³-hybridized carbons (Fsp3) is 0.727. The Bertz CT molecular complexity index is 298. The van der Waals surface area contributed by atoms with Gasteiger partial charge in [0.15, 0.2) is 0 Å². The minimum Gasteiger partial charge on any atom is -0.480 e. The Morgan fingerprint density at radius 2 is 2.00 bits per heavy atom. The van der Waals surface area contributed by atoms with Gasteiger partial charge in [-0.3, -0.25) is 4.79 Å². The third-order valence-corrected chi connectivity index (χ3v) is 1.89. The molecule has 7 heteroatoms. The monoisotopic (exact) mass is 260 g/mol. The van der Waals surface area contributed by atoms with E-state index in [-0.39, 0.29) is 6.42 Å². The highest BCUT2D eigenvalue weighted by Crippen LogP contribution is 2.07. The Balaban J connectivity index is 4.15. The van der Waals surface area contributed by atoms with Crippen molar-refractivity contribution in [1.29, 1.82) is 0 Å². The van der Waals surface area contributed by atoms with Crippen LogP contribution in [0.2, 0.25) is 0 Å². The standard InChI is InChI=1S/C11H20N2O5/c1-11(2,3)18-10(17)13-8(9(15)16)5-4-6-12-7-14/h7-8H,4-6H2,1-3H3,(H,12,14)(H,13,17)(H,15,16)/t8-/m0/s1. The van der Waals surface area contributed by atoms with Crippen LogP contribution in [0.25, 0.3) is 0 Å². The van der Waals surface area contributed by atoms with Crippen LogP contribution in [0.15, 0.2) is 0 Å². The quantitative estimate of drug-likeness (QED) is 0.456. The summed E-state index contributed by atoms with van der Waals surface area (Å²) in [5, 5.41) is 13.6. The van der Waals surface area contributed by atoms with Gasteiger partial charge in [0.25, 0.3) is 0 Å². The first-order valence-electron chi connectivity index (χ1n) is 5.65. The third-order valence-electron chi connectivity index (χ3n) is 1.89. The average Bonchev–Trinajstić information content (AvgIpc) is 2.19. The molecular weight excluding hydrogens is 240 g/mol. The van der Waals surface area contributed by atoms with Gasteiger partial charge in [-0.2, -0.15) is 0 Å². The zero-order chi connectivity index (χ0) is 14.2. The minimum atomic E-state index is -1.13.